The Kier molecular flexibility index (Phi) is 7.77. The van der Waals surface area contributed by atoms with E-state index in [1.807, 2.05) is 0 Å². The molecule has 1 fully saturated rings. The maximum atomic E-state index is 14.8. The number of hydrogen-bond acceptors (Lipinski definition) is 6. The number of benzene rings is 3. The molecular formula is C32H29Cl2FN2O6. The van der Waals surface area contributed by atoms with Crippen LogP contribution in [0.15, 0.2) is 54.6 Å². The number of ketones is 1. The van der Waals surface area contributed by atoms with Gasteiger partial charge >= 0.3 is 5.97 Å². The third kappa shape index (κ3) is 4.94. The Morgan fingerprint density at radius 3 is 2.47 bits per heavy atom. The zero-order valence-corrected chi connectivity index (χ0v) is 25.6. The molecule has 1 N–H and O–H groups in total. The summed E-state index contributed by atoms with van der Waals surface area (Å²) in [5, 5.41) is 3.19. The summed E-state index contributed by atoms with van der Waals surface area (Å²) in [4.78, 5) is 53.0. The van der Waals surface area contributed by atoms with Crippen LogP contribution in [0.25, 0.3) is 0 Å². The van der Waals surface area contributed by atoms with Gasteiger partial charge < -0.3 is 14.8 Å². The summed E-state index contributed by atoms with van der Waals surface area (Å²) in [7, 11) is 1.24. The fourth-order valence-corrected chi connectivity index (χ4v) is 6.71. The fraction of sp³-hybridized carbons (Fsp3) is 0.312. The molecule has 0 aromatic heterocycles. The van der Waals surface area contributed by atoms with Crippen molar-refractivity contribution >= 4 is 52.6 Å². The number of nitrogens with zero attached hydrogens (tertiary/aromatic N) is 1. The van der Waals surface area contributed by atoms with Gasteiger partial charge in [-0.2, -0.15) is 0 Å². The molecule has 1 spiro atoms. The molecule has 1 saturated heterocycles. The van der Waals surface area contributed by atoms with Crippen molar-refractivity contribution in [2.45, 2.75) is 57.1 Å². The Hall–Kier alpha value is -3.95. The molecule has 2 aliphatic heterocycles. The van der Waals surface area contributed by atoms with Crippen molar-refractivity contribution in [1.29, 1.82) is 0 Å². The SMILES string of the molecule is COC(=O)C(C)(C)Oc1ccc(Cl)cc1C1CC(=O)N(Cl)C(c2cc(F)ccc2C)C12C(=O)Nc1cc(C(C)=O)ccc12. The Balaban J connectivity index is 1.85. The molecule has 0 aliphatic carbocycles. The lowest BCUT2D eigenvalue weighted by Crippen LogP contribution is -2.56. The van der Waals surface area contributed by atoms with Crippen molar-refractivity contribution in [1.82, 2.24) is 4.42 Å². The smallest absolute Gasteiger partial charge is 0.349 e. The van der Waals surface area contributed by atoms with Crippen molar-refractivity contribution in [3.05, 3.63) is 93.3 Å². The van der Waals surface area contributed by atoms with Crippen LogP contribution in [-0.4, -0.2) is 40.7 Å². The average Bonchev–Trinajstić information content (AvgIpc) is 3.24. The van der Waals surface area contributed by atoms with E-state index in [9.17, 15) is 23.6 Å². The average molecular weight is 627 g/mol. The summed E-state index contributed by atoms with van der Waals surface area (Å²) in [6.45, 7) is 6.20. The van der Waals surface area contributed by atoms with Gasteiger partial charge in [0.2, 0.25) is 11.8 Å². The number of hydrogen-bond donors (Lipinski definition) is 1. The minimum atomic E-state index is -1.64. The van der Waals surface area contributed by atoms with Crippen molar-refractivity contribution in [2.24, 2.45) is 0 Å². The van der Waals surface area contributed by atoms with Crippen LogP contribution in [0.2, 0.25) is 5.02 Å². The van der Waals surface area contributed by atoms with Gasteiger partial charge in [0.25, 0.3) is 0 Å². The lowest BCUT2D eigenvalue weighted by atomic mass is 9.58. The minimum Gasteiger partial charge on any atom is -0.476 e. The molecule has 8 nitrogen and oxygen atoms in total. The molecule has 2 aliphatic rings. The van der Waals surface area contributed by atoms with Crippen LogP contribution in [0.3, 0.4) is 0 Å². The highest BCUT2D eigenvalue weighted by Crippen LogP contribution is 2.62. The predicted molar refractivity (Wildman–Crippen MR) is 159 cm³/mol. The van der Waals surface area contributed by atoms with Crippen molar-refractivity contribution in [2.75, 3.05) is 12.4 Å². The second kappa shape index (κ2) is 11.0. The van der Waals surface area contributed by atoms with Crippen LogP contribution >= 0.6 is 23.4 Å². The number of halogens is 3. The normalized spacial score (nSPS) is 21.4. The lowest BCUT2D eigenvalue weighted by molar-refractivity contribution is -0.156. The summed E-state index contributed by atoms with van der Waals surface area (Å²) >= 11 is 13.3. The van der Waals surface area contributed by atoms with E-state index in [-0.39, 0.29) is 23.0 Å². The first-order valence-electron chi connectivity index (χ1n) is 13.5. The molecule has 5 rings (SSSR count). The highest BCUT2D eigenvalue weighted by Gasteiger charge is 2.64. The predicted octanol–water partition coefficient (Wildman–Crippen LogP) is 6.42. The van der Waals surface area contributed by atoms with Gasteiger partial charge in [-0.05, 0) is 80.8 Å². The van der Waals surface area contributed by atoms with Gasteiger partial charge in [-0.15, -0.1) is 0 Å². The molecule has 11 heteroatoms. The van der Waals surface area contributed by atoms with E-state index >= 15 is 0 Å². The van der Waals surface area contributed by atoms with E-state index in [1.165, 1.54) is 40.0 Å². The molecule has 0 radical (unpaired) electrons. The first-order valence-corrected chi connectivity index (χ1v) is 14.2. The van der Waals surface area contributed by atoms with Crippen molar-refractivity contribution in [3.8, 4) is 5.75 Å². The van der Waals surface area contributed by atoms with E-state index in [2.05, 4.69) is 5.32 Å². The van der Waals surface area contributed by atoms with Gasteiger partial charge in [-0.1, -0.05) is 29.8 Å². The van der Waals surface area contributed by atoms with Crippen LogP contribution in [0, 0.1) is 12.7 Å². The number of nitrogens with one attached hydrogen (secondary N) is 1. The second-order valence-corrected chi connectivity index (χ2v) is 12.1. The van der Waals surface area contributed by atoms with Gasteiger partial charge in [0.15, 0.2) is 11.4 Å². The molecule has 3 aromatic carbocycles. The number of carbonyl (C=O) groups excluding carboxylic acids is 4. The fourth-order valence-electron chi connectivity index (χ4n) is 6.20. The van der Waals surface area contributed by atoms with Gasteiger partial charge in [-0.3, -0.25) is 14.4 Å². The number of fused-ring (bicyclic) bond motifs is 2. The van der Waals surface area contributed by atoms with Crippen molar-refractivity contribution in [3.63, 3.8) is 0 Å². The van der Waals surface area contributed by atoms with Gasteiger partial charge in [0.1, 0.15) is 17.0 Å². The molecule has 3 atom stereocenters. The molecular weight excluding hydrogens is 598 g/mol. The summed E-state index contributed by atoms with van der Waals surface area (Å²) in [5.74, 6) is -3.24. The molecule has 43 heavy (non-hydrogen) atoms. The number of esters is 1. The minimum absolute atomic E-state index is 0.191. The number of rotatable bonds is 6. The first kappa shape index (κ1) is 30.5. The Bertz CT molecular complexity index is 1690. The third-order valence-corrected chi connectivity index (χ3v) is 8.86. The van der Waals surface area contributed by atoms with Gasteiger partial charge in [0, 0.05) is 46.0 Å². The molecule has 3 aromatic rings. The zero-order valence-electron chi connectivity index (χ0n) is 24.1. The first-order chi connectivity index (χ1) is 20.2. The van der Waals surface area contributed by atoms with Crippen LogP contribution in [-0.2, 0) is 24.5 Å². The number of ether oxygens (including phenoxy) is 2. The summed E-state index contributed by atoms with van der Waals surface area (Å²) < 4.78 is 26.9. The molecule has 0 saturated carbocycles. The van der Waals surface area contributed by atoms with E-state index in [0.717, 1.165) is 4.42 Å². The van der Waals surface area contributed by atoms with E-state index in [1.54, 1.807) is 49.4 Å². The number of aryl methyl sites for hydroxylation is 1. The third-order valence-electron chi connectivity index (χ3n) is 8.25. The number of amides is 2. The van der Waals surface area contributed by atoms with E-state index < -0.39 is 46.6 Å². The number of methoxy groups -OCH3 is 1. The Labute approximate surface area is 258 Å². The van der Waals surface area contributed by atoms with Crippen molar-refractivity contribution < 1.29 is 33.0 Å². The van der Waals surface area contributed by atoms with Crippen LogP contribution in [0.1, 0.15) is 71.8 Å². The second-order valence-electron chi connectivity index (χ2n) is 11.3. The maximum absolute atomic E-state index is 14.8. The Morgan fingerprint density at radius 2 is 1.79 bits per heavy atom. The summed E-state index contributed by atoms with van der Waals surface area (Å²) in [5.41, 5.74) is -0.624. The Morgan fingerprint density at radius 1 is 1.07 bits per heavy atom. The quantitative estimate of drug-likeness (QED) is 0.192. The van der Waals surface area contributed by atoms with Crippen LogP contribution in [0.5, 0.6) is 5.75 Å². The summed E-state index contributed by atoms with van der Waals surface area (Å²) in [6.07, 6.45) is -0.259. The lowest BCUT2D eigenvalue weighted by Gasteiger charge is -2.49. The van der Waals surface area contributed by atoms with Crippen LogP contribution < -0.4 is 10.1 Å². The number of anilines is 1. The molecule has 3 unspecified atom stereocenters. The van der Waals surface area contributed by atoms with E-state index in [4.69, 9.17) is 32.9 Å². The highest BCUT2D eigenvalue weighted by atomic mass is 35.5. The monoisotopic (exact) mass is 626 g/mol. The van der Waals surface area contributed by atoms with Gasteiger partial charge in [-0.25, -0.2) is 13.6 Å². The molecule has 2 amide bonds. The number of piperidine rings is 1. The standard InChI is InChI=1S/C32H29Cl2FN2O6/c1-16-6-9-20(35)14-21(16)28-32(23-10-7-18(17(2)38)12-25(23)36-29(32)40)24(15-27(39)37(28)34)22-13-19(33)8-11-26(22)43-31(3,4)30(41)42-5/h6-14,24,28H,15H2,1-5H3,(H,36,40). The number of carbonyl (C=O) groups is 4. The topological polar surface area (TPSA) is 102 Å². The van der Waals surface area contributed by atoms with Gasteiger partial charge in [0.05, 0.1) is 13.2 Å². The molecule has 2 heterocycles. The largest absolute Gasteiger partial charge is 0.476 e. The maximum Gasteiger partial charge on any atom is 0.349 e. The number of Topliss-reactive ketones (excluding diaryl/α,β-unsaturated/α-hetero) is 1. The van der Waals surface area contributed by atoms with Crippen LogP contribution in [0.4, 0.5) is 10.1 Å². The summed E-state index contributed by atoms with van der Waals surface area (Å²) in [6, 6.07) is 12.4. The zero-order chi connectivity index (χ0) is 31.4. The molecule has 224 valence electrons. The highest BCUT2D eigenvalue weighted by molar-refractivity contribution is 6.30. The van der Waals surface area contributed by atoms with E-state index in [0.29, 0.717) is 33.5 Å². The molecule has 0 bridgehead atoms.